The molecule has 0 spiro atoms. The first-order valence-electron chi connectivity index (χ1n) is 10.0. The molecule has 2 aliphatic heterocycles. The summed E-state index contributed by atoms with van der Waals surface area (Å²) in [6.45, 7) is 5.42. The Labute approximate surface area is 164 Å². The Hall–Kier alpha value is -2.80. The molecule has 1 aromatic heterocycles. The Morgan fingerprint density at radius 3 is 2.36 bits per heavy atom. The number of quaternary nitrogens is 1. The molecule has 4 rings (SSSR count). The Kier molecular flexibility index (Phi) is 5.62. The number of piperazine rings is 1. The number of carbonyl (C=O) groups is 2. The summed E-state index contributed by atoms with van der Waals surface area (Å²) in [5.74, 6) is 0.305. The predicted octanol–water partition coefficient (Wildman–Crippen LogP) is 0.859. The van der Waals surface area contributed by atoms with Crippen molar-refractivity contribution in [1.82, 2.24) is 4.90 Å². The van der Waals surface area contributed by atoms with Crippen molar-refractivity contribution in [2.24, 2.45) is 0 Å². The van der Waals surface area contributed by atoms with Crippen molar-refractivity contribution >= 4 is 23.2 Å². The molecule has 0 radical (unpaired) electrons. The summed E-state index contributed by atoms with van der Waals surface area (Å²) in [6, 6.07) is 11.5. The van der Waals surface area contributed by atoms with Gasteiger partial charge >= 0.3 is 0 Å². The highest BCUT2D eigenvalue weighted by Gasteiger charge is 2.27. The number of hydrogen-bond acceptors (Lipinski definition) is 4. The van der Waals surface area contributed by atoms with Crippen LogP contribution in [0.4, 0.5) is 11.4 Å². The van der Waals surface area contributed by atoms with Crippen molar-refractivity contribution in [3.8, 4) is 0 Å². The normalized spacial score (nSPS) is 17.7. The summed E-state index contributed by atoms with van der Waals surface area (Å²) < 4.78 is 5.18. The van der Waals surface area contributed by atoms with Crippen LogP contribution in [0, 0.1) is 0 Å². The van der Waals surface area contributed by atoms with Crippen molar-refractivity contribution in [2.45, 2.75) is 12.8 Å². The van der Waals surface area contributed by atoms with Gasteiger partial charge in [0.2, 0.25) is 0 Å². The van der Waals surface area contributed by atoms with Crippen LogP contribution in [0.3, 0.4) is 0 Å². The van der Waals surface area contributed by atoms with Gasteiger partial charge in [0.15, 0.2) is 12.3 Å². The van der Waals surface area contributed by atoms with E-state index < -0.39 is 0 Å². The molecule has 0 bridgehead atoms. The first-order chi connectivity index (χ1) is 13.7. The van der Waals surface area contributed by atoms with Crippen molar-refractivity contribution in [1.29, 1.82) is 0 Å². The van der Waals surface area contributed by atoms with E-state index in [9.17, 15) is 9.59 Å². The minimum atomic E-state index is -0.0772. The summed E-state index contributed by atoms with van der Waals surface area (Å²) >= 11 is 0. The van der Waals surface area contributed by atoms with E-state index in [0.717, 1.165) is 31.9 Å². The molecule has 3 heterocycles. The zero-order chi connectivity index (χ0) is 19.3. The SMILES string of the molecule is O=C(C[NH+]1CCN(C(=O)c2ccco2)CC1)Nc1ccc(N2CCCC2)cc1. The fourth-order valence-electron chi connectivity index (χ4n) is 3.92. The average molecular weight is 383 g/mol. The fourth-order valence-corrected chi connectivity index (χ4v) is 3.92. The van der Waals surface area contributed by atoms with Crippen LogP contribution in [0.15, 0.2) is 47.1 Å². The Bertz CT molecular complexity index is 790. The molecule has 148 valence electrons. The first-order valence-corrected chi connectivity index (χ1v) is 10.0. The molecule has 1 aromatic carbocycles. The van der Waals surface area contributed by atoms with Crippen molar-refractivity contribution in [3.63, 3.8) is 0 Å². The minimum Gasteiger partial charge on any atom is -0.459 e. The van der Waals surface area contributed by atoms with Crippen LogP contribution < -0.4 is 15.1 Å². The van der Waals surface area contributed by atoms with E-state index in [2.05, 4.69) is 22.3 Å². The molecule has 0 aliphatic carbocycles. The van der Waals surface area contributed by atoms with E-state index >= 15 is 0 Å². The molecule has 2 fully saturated rings. The maximum absolute atomic E-state index is 12.4. The molecule has 2 N–H and O–H groups in total. The van der Waals surface area contributed by atoms with Gasteiger partial charge in [0.05, 0.1) is 32.4 Å². The van der Waals surface area contributed by atoms with Gasteiger partial charge in [-0.05, 0) is 49.2 Å². The van der Waals surface area contributed by atoms with Crippen LogP contribution >= 0.6 is 0 Å². The number of carbonyl (C=O) groups excluding carboxylic acids is 2. The minimum absolute atomic E-state index is 0.00901. The van der Waals surface area contributed by atoms with Gasteiger partial charge in [-0.1, -0.05) is 0 Å². The van der Waals surface area contributed by atoms with E-state index in [-0.39, 0.29) is 11.8 Å². The third-order valence-electron chi connectivity index (χ3n) is 5.52. The lowest BCUT2D eigenvalue weighted by molar-refractivity contribution is -0.895. The van der Waals surface area contributed by atoms with Crippen molar-refractivity contribution in [3.05, 3.63) is 48.4 Å². The summed E-state index contributed by atoms with van der Waals surface area (Å²) in [5, 5.41) is 2.99. The molecule has 28 heavy (non-hydrogen) atoms. The lowest BCUT2D eigenvalue weighted by Crippen LogP contribution is -3.15. The van der Waals surface area contributed by atoms with Gasteiger partial charge in [-0.3, -0.25) is 9.59 Å². The van der Waals surface area contributed by atoms with E-state index in [1.54, 1.807) is 17.0 Å². The molecule has 0 saturated carbocycles. The van der Waals surface area contributed by atoms with Crippen LogP contribution in [0.2, 0.25) is 0 Å². The Morgan fingerprint density at radius 2 is 1.71 bits per heavy atom. The second kappa shape index (κ2) is 8.48. The summed E-state index contributed by atoms with van der Waals surface area (Å²) in [6.07, 6.45) is 4.01. The van der Waals surface area contributed by atoms with Crippen LogP contribution in [-0.2, 0) is 4.79 Å². The average Bonchev–Trinajstić information content (AvgIpc) is 3.43. The van der Waals surface area contributed by atoms with Gasteiger partial charge in [0.1, 0.15) is 0 Å². The van der Waals surface area contributed by atoms with E-state index in [4.69, 9.17) is 4.42 Å². The number of rotatable bonds is 5. The molecule has 2 aliphatic rings. The maximum atomic E-state index is 12.4. The highest BCUT2D eigenvalue weighted by atomic mass is 16.3. The zero-order valence-corrected chi connectivity index (χ0v) is 16.0. The highest BCUT2D eigenvalue weighted by Crippen LogP contribution is 2.21. The number of nitrogens with one attached hydrogen (secondary N) is 2. The molecule has 0 unspecified atom stereocenters. The van der Waals surface area contributed by atoms with Gasteiger partial charge in [-0.25, -0.2) is 0 Å². The van der Waals surface area contributed by atoms with Gasteiger partial charge in [0, 0.05) is 24.5 Å². The number of anilines is 2. The monoisotopic (exact) mass is 383 g/mol. The summed E-state index contributed by atoms with van der Waals surface area (Å²) in [5.41, 5.74) is 2.05. The third kappa shape index (κ3) is 4.36. The zero-order valence-electron chi connectivity index (χ0n) is 16.0. The molecule has 0 atom stereocenters. The Balaban J connectivity index is 1.23. The number of hydrogen-bond donors (Lipinski definition) is 2. The first kappa shape index (κ1) is 18.6. The summed E-state index contributed by atoms with van der Waals surface area (Å²) in [7, 11) is 0. The maximum Gasteiger partial charge on any atom is 0.289 e. The van der Waals surface area contributed by atoms with Gasteiger partial charge in [-0.15, -0.1) is 0 Å². The number of benzene rings is 1. The van der Waals surface area contributed by atoms with Crippen molar-refractivity contribution < 1.29 is 18.9 Å². The Morgan fingerprint density at radius 1 is 1.00 bits per heavy atom. The molecular weight excluding hydrogens is 356 g/mol. The topological polar surface area (TPSA) is 70.2 Å². The van der Waals surface area contributed by atoms with Crippen molar-refractivity contribution in [2.75, 3.05) is 56.0 Å². The van der Waals surface area contributed by atoms with E-state index in [0.29, 0.717) is 25.4 Å². The molecule has 2 saturated heterocycles. The van der Waals surface area contributed by atoms with Gasteiger partial charge in [-0.2, -0.15) is 0 Å². The number of nitrogens with zero attached hydrogens (tertiary/aromatic N) is 2. The van der Waals surface area contributed by atoms with Crippen LogP contribution in [0.5, 0.6) is 0 Å². The van der Waals surface area contributed by atoms with Crippen LogP contribution in [0.1, 0.15) is 23.4 Å². The molecule has 2 aromatic rings. The largest absolute Gasteiger partial charge is 0.459 e. The van der Waals surface area contributed by atoms with Crippen LogP contribution in [-0.4, -0.2) is 62.5 Å². The standard InChI is InChI=1S/C21H26N4O3/c26-20(22-17-5-7-18(8-6-17)24-9-1-2-10-24)16-23-11-13-25(14-12-23)21(27)19-4-3-15-28-19/h3-8,15H,1-2,9-14,16H2,(H,22,26)/p+1. The molecular formula is C21H27N4O3+. The predicted molar refractivity (Wildman–Crippen MR) is 107 cm³/mol. The lowest BCUT2D eigenvalue weighted by atomic mass is 10.2. The third-order valence-corrected chi connectivity index (χ3v) is 5.52. The van der Waals surface area contributed by atoms with Gasteiger partial charge < -0.3 is 24.4 Å². The smallest absolute Gasteiger partial charge is 0.289 e. The van der Waals surface area contributed by atoms with Crippen LogP contribution in [0.25, 0.3) is 0 Å². The van der Waals surface area contributed by atoms with E-state index in [1.807, 2.05) is 12.1 Å². The molecule has 2 amide bonds. The highest BCUT2D eigenvalue weighted by molar-refractivity contribution is 5.92. The second-order valence-electron chi connectivity index (χ2n) is 7.49. The second-order valence-corrected chi connectivity index (χ2v) is 7.49. The molecule has 7 nitrogen and oxygen atoms in total. The summed E-state index contributed by atoms with van der Waals surface area (Å²) in [4.78, 5) is 30.0. The fraction of sp³-hybridized carbons (Fsp3) is 0.429. The number of amides is 2. The quantitative estimate of drug-likeness (QED) is 0.804. The lowest BCUT2D eigenvalue weighted by Gasteiger charge is -2.31. The number of furan rings is 1. The van der Waals surface area contributed by atoms with Gasteiger partial charge in [0.25, 0.3) is 11.8 Å². The molecule has 7 heteroatoms. The van der Waals surface area contributed by atoms with E-state index in [1.165, 1.54) is 29.7 Å².